The molecule has 2 rings (SSSR count). The second kappa shape index (κ2) is 10.6. The van der Waals surface area contributed by atoms with E-state index >= 15 is 0 Å². The molecule has 1 aliphatic heterocycles. The number of amides is 1. The number of likely N-dealkylation sites (tertiary alicyclic amines) is 1. The second-order valence-electron chi connectivity index (χ2n) is 9.08. The van der Waals surface area contributed by atoms with Crippen LogP contribution in [0.15, 0.2) is 0 Å². The highest BCUT2D eigenvalue weighted by molar-refractivity contribution is 5.88. The van der Waals surface area contributed by atoms with Crippen LogP contribution in [0.2, 0.25) is 0 Å². The van der Waals surface area contributed by atoms with Gasteiger partial charge in [-0.05, 0) is 44.7 Å². The molecule has 3 unspecified atom stereocenters. The maximum Gasteiger partial charge on any atom is 0.240 e. The lowest BCUT2D eigenvalue weighted by molar-refractivity contribution is -0.170. The lowest BCUT2D eigenvalue weighted by atomic mass is 9.54. The number of nitrogens with two attached hydrogens (primary N) is 1. The Balaban J connectivity index is 0.00000338. The van der Waals surface area contributed by atoms with Crippen LogP contribution in [0.5, 0.6) is 0 Å². The largest absolute Gasteiger partial charge is 0.378 e. The summed E-state index contributed by atoms with van der Waals surface area (Å²) >= 11 is 0. The van der Waals surface area contributed by atoms with Gasteiger partial charge in [0.05, 0.1) is 6.10 Å². The first kappa shape index (κ1) is 26.9. The van der Waals surface area contributed by atoms with Crippen molar-refractivity contribution < 1.29 is 9.53 Å². The number of nitrogens with zero attached hydrogens (tertiary/aromatic N) is 1. The van der Waals surface area contributed by atoms with Gasteiger partial charge in [-0.1, -0.05) is 34.6 Å². The smallest absolute Gasteiger partial charge is 0.240 e. The highest BCUT2D eigenvalue weighted by Gasteiger charge is 2.62. The van der Waals surface area contributed by atoms with E-state index in [9.17, 15) is 4.79 Å². The van der Waals surface area contributed by atoms with E-state index in [1.807, 2.05) is 20.8 Å². The zero-order valence-electron chi connectivity index (χ0n) is 17.9. The van der Waals surface area contributed by atoms with E-state index in [0.29, 0.717) is 31.5 Å². The van der Waals surface area contributed by atoms with Crippen LogP contribution in [0.25, 0.3) is 0 Å². The van der Waals surface area contributed by atoms with E-state index < -0.39 is 5.54 Å². The average molecular weight is 426 g/mol. The second-order valence-corrected chi connectivity index (χ2v) is 9.08. The van der Waals surface area contributed by atoms with Crippen LogP contribution in [0, 0.1) is 17.3 Å². The van der Waals surface area contributed by atoms with Gasteiger partial charge in [-0.25, -0.2) is 0 Å². The Morgan fingerprint density at radius 2 is 1.81 bits per heavy atom. The minimum Gasteiger partial charge on any atom is -0.378 e. The summed E-state index contributed by atoms with van der Waals surface area (Å²) in [5, 5.41) is 3.17. The number of ether oxygens (including phenoxy) is 1. The molecule has 1 saturated carbocycles. The maximum atomic E-state index is 12.9. The molecular weight excluding hydrogens is 385 g/mol. The monoisotopic (exact) mass is 425 g/mol. The minimum atomic E-state index is -0.829. The lowest BCUT2D eigenvalue weighted by Gasteiger charge is -2.57. The molecule has 0 aromatic heterocycles. The van der Waals surface area contributed by atoms with Crippen LogP contribution in [-0.2, 0) is 9.53 Å². The summed E-state index contributed by atoms with van der Waals surface area (Å²) in [7, 11) is 0. The van der Waals surface area contributed by atoms with Crippen LogP contribution in [-0.4, -0.2) is 54.7 Å². The molecular formula is C20H41Cl2N3O2. The Kier molecular flexibility index (Phi) is 10.6. The van der Waals surface area contributed by atoms with Crippen LogP contribution in [0.3, 0.4) is 0 Å². The van der Waals surface area contributed by atoms with Gasteiger partial charge in [0.25, 0.3) is 0 Å². The van der Waals surface area contributed by atoms with Crippen molar-refractivity contribution in [3.05, 3.63) is 0 Å². The van der Waals surface area contributed by atoms with Gasteiger partial charge in [-0.15, -0.1) is 24.8 Å². The summed E-state index contributed by atoms with van der Waals surface area (Å²) in [6, 6.07) is 0.380. The van der Waals surface area contributed by atoms with Gasteiger partial charge in [0, 0.05) is 31.0 Å². The number of carbonyl (C=O) groups is 1. The van der Waals surface area contributed by atoms with E-state index in [1.54, 1.807) is 0 Å². The fourth-order valence-electron chi connectivity index (χ4n) is 4.32. The molecule has 1 saturated heterocycles. The number of nitrogens with one attached hydrogen (secondary N) is 1. The van der Waals surface area contributed by atoms with Crippen LogP contribution in [0.1, 0.15) is 60.8 Å². The van der Waals surface area contributed by atoms with Crippen molar-refractivity contribution in [2.75, 3.05) is 26.2 Å². The van der Waals surface area contributed by atoms with Crippen molar-refractivity contribution in [2.45, 2.75) is 78.5 Å². The fraction of sp³-hybridized carbons (Fsp3) is 0.950. The lowest BCUT2D eigenvalue weighted by Crippen LogP contribution is -2.76. The van der Waals surface area contributed by atoms with Crippen molar-refractivity contribution in [2.24, 2.45) is 23.0 Å². The predicted octanol–water partition coefficient (Wildman–Crippen LogP) is 3.24. The fourth-order valence-corrected chi connectivity index (χ4v) is 4.32. The number of halogens is 2. The Morgan fingerprint density at radius 1 is 1.26 bits per heavy atom. The zero-order valence-corrected chi connectivity index (χ0v) is 19.5. The summed E-state index contributed by atoms with van der Waals surface area (Å²) in [6.45, 7) is 16.5. The van der Waals surface area contributed by atoms with Crippen molar-refractivity contribution >= 4 is 30.7 Å². The quantitative estimate of drug-likeness (QED) is 0.656. The van der Waals surface area contributed by atoms with Crippen LogP contribution >= 0.6 is 24.8 Å². The topological polar surface area (TPSA) is 67.6 Å². The van der Waals surface area contributed by atoms with Gasteiger partial charge < -0.3 is 15.8 Å². The molecule has 3 N–H and O–H groups in total. The summed E-state index contributed by atoms with van der Waals surface area (Å²) in [4.78, 5) is 15.4. The molecule has 1 aliphatic carbocycles. The molecule has 3 atom stereocenters. The third-order valence-electron chi connectivity index (χ3n) is 6.76. The van der Waals surface area contributed by atoms with E-state index in [1.165, 1.54) is 12.8 Å². The molecule has 0 bridgehead atoms. The molecule has 0 aromatic carbocycles. The van der Waals surface area contributed by atoms with E-state index in [-0.39, 0.29) is 42.2 Å². The molecule has 1 amide bonds. The van der Waals surface area contributed by atoms with E-state index in [4.69, 9.17) is 10.5 Å². The summed E-state index contributed by atoms with van der Waals surface area (Å²) in [5.41, 5.74) is 5.34. The van der Waals surface area contributed by atoms with Gasteiger partial charge in [-0.2, -0.15) is 0 Å². The predicted molar refractivity (Wildman–Crippen MR) is 117 cm³/mol. The molecule has 1 heterocycles. The highest BCUT2D eigenvalue weighted by atomic mass is 35.5. The summed E-state index contributed by atoms with van der Waals surface area (Å²) in [6.07, 6.45) is 3.17. The number of hydrogen-bond acceptors (Lipinski definition) is 4. The first-order chi connectivity index (χ1) is 11.6. The standard InChI is InChI=1S/C20H39N3O2.2ClH/c1-7-25-17-12-20(21,19(17,5)6)18(24)22-13-16(14(2)3)23-10-8-15(4)9-11-23;;/h14-17H,7-13,21H2,1-6H3,(H,22,24);2*1H. The molecule has 0 spiro atoms. The number of hydrogen-bond donors (Lipinski definition) is 2. The normalized spacial score (nSPS) is 29.3. The molecule has 27 heavy (non-hydrogen) atoms. The minimum absolute atomic E-state index is 0. The molecule has 0 radical (unpaired) electrons. The SMILES string of the molecule is CCOC1CC(N)(C(=O)NCC(C(C)C)N2CCC(C)CC2)C1(C)C.Cl.Cl. The molecule has 0 aromatic rings. The number of carbonyl (C=O) groups excluding carboxylic acids is 1. The van der Waals surface area contributed by atoms with E-state index in [2.05, 4.69) is 31.0 Å². The van der Waals surface area contributed by atoms with E-state index in [0.717, 1.165) is 19.0 Å². The van der Waals surface area contributed by atoms with Crippen molar-refractivity contribution in [1.82, 2.24) is 10.2 Å². The molecule has 7 heteroatoms. The average Bonchev–Trinajstić information content (AvgIpc) is 2.55. The molecule has 5 nitrogen and oxygen atoms in total. The zero-order chi connectivity index (χ0) is 18.8. The van der Waals surface area contributed by atoms with Crippen molar-refractivity contribution in [3.63, 3.8) is 0 Å². The van der Waals surface area contributed by atoms with Crippen molar-refractivity contribution in [3.8, 4) is 0 Å². The van der Waals surface area contributed by atoms with Crippen molar-refractivity contribution in [1.29, 1.82) is 0 Å². The van der Waals surface area contributed by atoms with Crippen LogP contribution in [0.4, 0.5) is 0 Å². The first-order valence-electron chi connectivity index (χ1n) is 10.1. The van der Waals surface area contributed by atoms with Gasteiger partial charge in [0.15, 0.2) is 0 Å². The Labute approximate surface area is 178 Å². The summed E-state index contributed by atoms with van der Waals surface area (Å²) in [5.74, 6) is 1.30. The van der Waals surface area contributed by atoms with Gasteiger partial charge in [0.2, 0.25) is 5.91 Å². The molecule has 2 aliphatic rings. The van der Waals surface area contributed by atoms with Crippen LogP contribution < -0.4 is 11.1 Å². The third-order valence-corrected chi connectivity index (χ3v) is 6.76. The highest BCUT2D eigenvalue weighted by Crippen LogP contribution is 2.49. The Morgan fingerprint density at radius 3 is 2.26 bits per heavy atom. The van der Waals surface area contributed by atoms with Gasteiger partial charge >= 0.3 is 0 Å². The Hall–Kier alpha value is -0.0700. The van der Waals surface area contributed by atoms with Gasteiger partial charge in [0.1, 0.15) is 5.54 Å². The number of rotatable bonds is 7. The maximum absolute atomic E-state index is 12.9. The molecule has 2 fully saturated rings. The van der Waals surface area contributed by atoms with Gasteiger partial charge in [-0.3, -0.25) is 9.69 Å². The molecule has 162 valence electrons. The first-order valence-corrected chi connectivity index (χ1v) is 10.1. The third kappa shape index (κ3) is 5.51. The summed E-state index contributed by atoms with van der Waals surface area (Å²) < 4.78 is 5.74. The Bertz CT molecular complexity index is 468. The number of piperidine rings is 1.